The molecule has 1 aliphatic rings. The first-order valence-electron chi connectivity index (χ1n) is 7.32. The lowest BCUT2D eigenvalue weighted by molar-refractivity contribution is -0.116. The van der Waals surface area contributed by atoms with Gasteiger partial charge < -0.3 is 10.1 Å². The SMILES string of the molecule is Cc1ccc(NC(=O)CCc2ccc3c(c2)CCO3)cc1. The van der Waals surface area contributed by atoms with E-state index in [9.17, 15) is 4.79 Å². The highest BCUT2D eigenvalue weighted by atomic mass is 16.5. The van der Waals surface area contributed by atoms with Crippen LogP contribution in [-0.2, 0) is 17.6 Å². The van der Waals surface area contributed by atoms with Crippen molar-refractivity contribution in [2.75, 3.05) is 11.9 Å². The lowest BCUT2D eigenvalue weighted by Gasteiger charge is -2.06. The molecule has 0 aromatic heterocycles. The second-order valence-electron chi connectivity index (χ2n) is 5.45. The minimum Gasteiger partial charge on any atom is -0.493 e. The summed E-state index contributed by atoms with van der Waals surface area (Å²) in [7, 11) is 0. The molecule has 0 radical (unpaired) electrons. The lowest BCUT2D eigenvalue weighted by atomic mass is 10.0. The lowest BCUT2D eigenvalue weighted by Crippen LogP contribution is -2.12. The summed E-state index contributed by atoms with van der Waals surface area (Å²) in [4.78, 5) is 12.0. The molecule has 2 aromatic rings. The third kappa shape index (κ3) is 3.43. The smallest absolute Gasteiger partial charge is 0.224 e. The number of benzene rings is 2. The van der Waals surface area contributed by atoms with Gasteiger partial charge in [0.25, 0.3) is 0 Å². The monoisotopic (exact) mass is 281 g/mol. The van der Waals surface area contributed by atoms with E-state index in [1.54, 1.807) is 0 Å². The van der Waals surface area contributed by atoms with Crippen LogP contribution >= 0.6 is 0 Å². The van der Waals surface area contributed by atoms with Gasteiger partial charge in [0, 0.05) is 18.5 Å². The fourth-order valence-corrected chi connectivity index (χ4v) is 2.51. The average Bonchev–Trinajstić information content (AvgIpc) is 2.95. The fraction of sp³-hybridized carbons (Fsp3) is 0.278. The number of carbonyl (C=O) groups excluding carboxylic acids is 1. The third-order valence-electron chi connectivity index (χ3n) is 3.73. The quantitative estimate of drug-likeness (QED) is 0.931. The summed E-state index contributed by atoms with van der Waals surface area (Å²) < 4.78 is 5.49. The Kier molecular flexibility index (Phi) is 3.91. The van der Waals surface area contributed by atoms with E-state index in [1.807, 2.05) is 43.3 Å². The first-order chi connectivity index (χ1) is 10.2. The Labute approximate surface area is 124 Å². The van der Waals surface area contributed by atoms with E-state index in [1.165, 1.54) is 16.7 Å². The highest BCUT2D eigenvalue weighted by Gasteiger charge is 2.12. The highest BCUT2D eigenvalue weighted by Crippen LogP contribution is 2.26. The molecular weight excluding hydrogens is 262 g/mol. The predicted octanol–water partition coefficient (Wildman–Crippen LogP) is 3.50. The van der Waals surface area contributed by atoms with Gasteiger partial charge in [-0.05, 0) is 42.7 Å². The van der Waals surface area contributed by atoms with Gasteiger partial charge in [-0.15, -0.1) is 0 Å². The molecule has 3 nitrogen and oxygen atoms in total. The van der Waals surface area contributed by atoms with Gasteiger partial charge in [-0.3, -0.25) is 4.79 Å². The van der Waals surface area contributed by atoms with Gasteiger partial charge in [0.05, 0.1) is 6.61 Å². The van der Waals surface area contributed by atoms with Crippen molar-refractivity contribution in [1.29, 1.82) is 0 Å². The van der Waals surface area contributed by atoms with Crippen molar-refractivity contribution in [1.82, 2.24) is 0 Å². The van der Waals surface area contributed by atoms with Crippen LogP contribution < -0.4 is 10.1 Å². The Morgan fingerprint density at radius 3 is 2.81 bits per heavy atom. The van der Waals surface area contributed by atoms with Crippen LogP contribution in [0.2, 0.25) is 0 Å². The van der Waals surface area contributed by atoms with E-state index >= 15 is 0 Å². The molecule has 1 N–H and O–H groups in total. The topological polar surface area (TPSA) is 38.3 Å². The maximum atomic E-state index is 12.0. The predicted molar refractivity (Wildman–Crippen MR) is 83.8 cm³/mol. The number of hydrogen-bond acceptors (Lipinski definition) is 2. The summed E-state index contributed by atoms with van der Waals surface area (Å²) in [6.07, 6.45) is 2.22. The van der Waals surface area contributed by atoms with Crippen LogP contribution in [0.3, 0.4) is 0 Å². The van der Waals surface area contributed by atoms with Gasteiger partial charge in [-0.25, -0.2) is 0 Å². The Hall–Kier alpha value is -2.29. The summed E-state index contributed by atoms with van der Waals surface area (Å²) in [5, 5.41) is 2.93. The molecule has 0 unspecified atom stereocenters. The van der Waals surface area contributed by atoms with Crippen LogP contribution in [0.25, 0.3) is 0 Å². The van der Waals surface area contributed by atoms with Crippen molar-refractivity contribution < 1.29 is 9.53 Å². The van der Waals surface area contributed by atoms with Gasteiger partial charge >= 0.3 is 0 Å². The zero-order chi connectivity index (χ0) is 14.7. The number of amides is 1. The van der Waals surface area contributed by atoms with Crippen molar-refractivity contribution in [3.8, 4) is 5.75 Å². The molecule has 0 spiro atoms. The number of ether oxygens (including phenoxy) is 1. The van der Waals surface area contributed by atoms with Crippen LogP contribution in [0.15, 0.2) is 42.5 Å². The van der Waals surface area contributed by atoms with Crippen molar-refractivity contribution in [3.63, 3.8) is 0 Å². The molecule has 3 heteroatoms. The van der Waals surface area contributed by atoms with Crippen molar-refractivity contribution in [2.45, 2.75) is 26.2 Å². The molecule has 3 rings (SSSR count). The molecule has 2 aromatic carbocycles. The Morgan fingerprint density at radius 2 is 2.00 bits per heavy atom. The molecule has 1 aliphatic heterocycles. The molecule has 0 atom stereocenters. The zero-order valence-electron chi connectivity index (χ0n) is 12.2. The molecule has 0 fully saturated rings. The van der Waals surface area contributed by atoms with Gasteiger partial charge in [0.15, 0.2) is 0 Å². The van der Waals surface area contributed by atoms with E-state index in [2.05, 4.69) is 11.4 Å². The van der Waals surface area contributed by atoms with Crippen LogP contribution in [-0.4, -0.2) is 12.5 Å². The Balaban J connectivity index is 1.55. The van der Waals surface area contributed by atoms with Crippen LogP contribution in [0.1, 0.15) is 23.1 Å². The first kappa shape index (κ1) is 13.7. The number of rotatable bonds is 4. The number of hydrogen-bond donors (Lipinski definition) is 1. The highest BCUT2D eigenvalue weighted by molar-refractivity contribution is 5.90. The number of nitrogens with one attached hydrogen (secondary N) is 1. The molecule has 21 heavy (non-hydrogen) atoms. The van der Waals surface area contributed by atoms with Gasteiger partial charge in [0.2, 0.25) is 5.91 Å². The van der Waals surface area contributed by atoms with Crippen LogP contribution in [0.5, 0.6) is 5.75 Å². The minimum absolute atomic E-state index is 0.0515. The maximum Gasteiger partial charge on any atom is 0.224 e. The average molecular weight is 281 g/mol. The largest absolute Gasteiger partial charge is 0.493 e. The number of aryl methyl sites for hydroxylation is 2. The summed E-state index contributed by atoms with van der Waals surface area (Å²) in [5.41, 5.74) is 4.49. The summed E-state index contributed by atoms with van der Waals surface area (Å²) in [6.45, 7) is 2.80. The van der Waals surface area contributed by atoms with Gasteiger partial charge in [-0.1, -0.05) is 29.8 Å². The van der Waals surface area contributed by atoms with E-state index in [0.717, 1.165) is 30.9 Å². The molecule has 0 aliphatic carbocycles. The van der Waals surface area contributed by atoms with Crippen LogP contribution in [0, 0.1) is 6.92 Å². The minimum atomic E-state index is 0.0515. The Bertz CT molecular complexity index is 647. The standard InChI is InChI=1S/C18H19NO2/c1-13-2-6-16(7-3-13)19-18(20)9-5-14-4-8-17-15(12-14)10-11-21-17/h2-4,6-8,12H,5,9-11H2,1H3,(H,19,20). The van der Waals surface area contributed by atoms with Crippen LogP contribution in [0.4, 0.5) is 5.69 Å². The molecule has 0 saturated carbocycles. The molecule has 1 amide bonds. The number of fused-ring (bicyclic) bond motifs is 1. The normalized spacial score (nSPS) is 12.6. The molecule has 108 valence electrons. The van der Waals surface area contributed by atoms with Crippen molar-refractivity contribution in [2.24, 2.45) is 0 Å². The van der Waals surface area contributed by atoms with Crippen molar-refractivity contribution in [3.05, 3.63) is 59.2 Å². The molecule has 0 saturated heterocycles. The van der Waals surface area contributed by atoms with Gasteiger partial charge in [0.1, 0.15) is 5.75 Å². The molecular formula is C18H19NO2. The second-order valence-corrected chi connectivity index (χ2v) is 5.45. The van der Waals surface area contributed by atoms with E-state index < -0.39 is 0 Å². The maximum absolute atomic E-state index is 12.0. The number of anilines is 1. The summed E-state index contributed by atoms with van der Waals surface area (Å²) in [5.74, 6) is 1.04. The van der Waals surface area contributed by atoms with Gasteiger partial charge in [-0.2, -0.15) is 0 Å². The summed E-state index contributed by atoms with van der Waals surface area (Å²) >= 11 is 0. The molecule has 0 bridgehead atoms. The van der Waals surface area contributed by atoms with E-state index in [-0.39, 0.29) is 5.91 Å². The zero-order valence-corrected chi connectivity index (χ0v) is 12.2. The summed E-state index contributed by atoms with van der Waals surface area (Å²) in [6, 6.07) is 14.1. The first-order valence-corrected chi connectivity index (χ1v) is 7.32. The Morgan fingerprint density at radius 1 is 1.19 bits per heavy atom. The van der Waals surface area contributed by atoms with E-state index in [4.69, 9.17) is 4.74 Å². The third-order valence-corrected chi connectivity index (χ3v) is 3.73. The second kappa shape index (κ2) is 6.00. The van der Waals surface area contributed by atoms with E-state index in [0.29, 0.717) is 6.42 Å². The fourth-order valence-electron chi connectivity index (χ4n) is 2.51. The van der Waals surface area contributed by atoms with Crippen molar-refractivity contribution >= 4 is 11.6 Å². The molecule has 1 heterocycles. The number of carbonyl (C=O) groups is 1.